The first-order chi connectivity index (χ1) is 7.84. The summed E-state index contributed by atoms with van der Waals surface area (Å²) in [4.78, 5) is 18.4. The van der Waals surface area contributed by atoms with Crippen LogP contribution in [0.1, 0.15) is 29.5 Å². The number of nitrogens with zero attached hydrogens (tertiary/aromatic N) is 1. The van der Waals surface area contributed by atoms with Crippen molar-refractivity contribution in [2.45, 2.75) is 25.3 Å². The molecular weight excluding hydrogens is 222 g/mol. The quantitative estimate of drug-likeness (QED) is 0.759. The maximum absolute atomic E-state index is 11.4. The molecule has 1 atom stereocenters. The van der Waals surface area contributed by atoms with Gasteiger partial charge in [0.05, 0.1) is 0 Å². The Hall–Kier alpha value is -0.650. The van der Waals surface area contributed by atoms with Gasteiger partial charge in [0.25, 0.3) is 0 Å². The summed E-state index contributed by atoms with van der Waals surface area (Å²) in [7, 11) is 0. The van der Waals surface area contributed by atoms with Crippen LogP contribution < -0.4 is 10.2 Å². The maximum atomic E-state index is 11.4. The van der Waals surface area contributed by atoms with E-state index in [1.807, 2.05) is 0 Å². The van der Waals surface area contributed by atoms with Crippen molar-refractivity contribution in [1.82, 2.24) is 15.2 Å². The van der Waals surface area contributed by atoms with Gasteiger partial charge in [-0.25, -0.2) is 0 Å². The molecule has 2 N–H and O–H groups in total. The first kappa shape index (κ1) is 10.5. The Morgan fingerprint density at radius 2 is 2.12 bits per heavy atom. The van der Waals surface area contributed by atoms with E-state index in [0.29, 0.717) is 6.04 Å². The molecule has 1 aliphatic carbocycles. The predicted octanol–water partition coefficient (Wildman–Crippen LogP) is 0.719. The smallest absolute Gasteiger partial charge is 0.304 e. The fourth-order valence-corrected chi connectivity index (χ4v) is 3.83. The van der Waals surface area contributed by atoms with Gasteiger partial charge >= 0.3 is 4.87 Å². The van der Waals surface area contributed by atoms with E-state index in [2.05, 4.69) is 15.2 Å². The van der Waals surface area contributed by atoms with Crippen LogP contribution in [0.25, 0.3) is 0 Å². The van der Waals surface area contributed by atoms with E-state index in [1.165, 1.54) is 34.7 Å². The van der Waals surface area contributed by atoms with Gasteiger partial charge in [-0.3, -0.25) is 9.69 Å². The minimum absolute atomic E-state index is 0.118. The summed E-state index contributed by atoms with van der Waals surface area (Å²) < 4.78 is 0. The van der Waals surface area contributed by atoms with Crippen molar-refractivity contribution in [3.8, 4) is 0 Å². The van der Waals surface area contributed by atoms with Crippen LogP contribution in [0.5, 0.6) is 0 Å². The lowest BCUT2D eigenvalue weighted by Gasteiger charge is -2.36. The van der Waals surface area contributed by atoms with Gasteiger partial charge in [-0.05, 0) is 19.3 Å². The number of aryl methyl sites for hydroxylation is 1. The summed E-state index contributed by atoms with van der Waals surface area (Å²) in [5.41, 5.74) is 1.20. The molecule has 2 aliphatic rings. The molecule has 2 heterocycles. The second-order valence-electron chi connectivity index (χ2n) is 4.55. The highest BCUT2D eigenvalue weighted by atomic mass is 32.1. The third-order valence-electron chi connectivity index (χ3n) is 3.55. The van der Waals surface area contributed by atoms with E-state index < -0.39 is 0 Å². The Balaban J connectivity index is 1.88. The highest BCUT2D eigenvalue weighted by Gasteiger charge is 2.28. The maximum Gasteiger partial charge on any atom is 0.304 e. The minimum Gasteiger partial charge on any atom is -0.316 e. The first-order valence-electron chi connectivity index (χ1n) is 6.01. The fourth-order valence-electron chi connectivity index (χ4n) is 2.77. The van der Waals surface area contributed by atoms with Crippen LogP contribution in [0.3, 0.4) is 0 Å². The lowest BCUT2D eigenvalue weighted by molar-refractivity contribution is 0.160. The molecular formula is C11H17N3OS. The van der Waals surface area contributed by atoms with Crippen molar-refractivity contribution in [3.63, 3.8) is 0 Å². The Labute approximate surface area is 98.7 Å². The van der Waals surface area contributed by atoms with Crippen LogP contribution in [-0.2, 0) is 6.42 Å². The average Bonchev–Trinajstić information content (AvgIpc) is 2.70. The molecule has 16 heavy (non-hydrogen) atoms. The molecule has 0 amide bonds. The number of hydrogen-bond acceptors (Lipinski definition) is 4. The zero-order chi connectivity index (χ0) is 11.0. The van der Waals surface area contributed by atoms with Gasteiger partial charge in [0.1, 0.15) is 0 Å². The van der Waals surface area contributed by atoms with Gasteiger partial charge in [0, 0.05) is 42.8 Å². The second-order valence-corrected chi connectivity index (χ2v) is 5.57. The molecule has 1 fully saturated rings. The molecule has 0 bridgehead atoms. The first-order valence-corrected chi connectivity index (χ1v) is 6.83. The van der Waals surface area contributed by atoms with Gasteiger partial charge < -0.3 is 10.3 Å². The van der Waals surface area contributed by atoms with Crippen molar-refractivity contribution in [1.29, 1.82) is 0 Å². The molecule has 0 radical (unpaired) electrons. The van der Waals surface area contributed by atoms with Crippen molar-refractivity contribution in [2.24, 2.45) is 0 Å². The minimum atomic E-state index is 0.118. The van der Waals surface area contributed by atoms with Gasteiger partial charge in [-0.2, -0.15) is 0 Å². The number of aromatic nitrogens is 1. The molecule has 4 nitrogen and oxygen atoms in total. The van der Waals surface area contributed by atoms with E-state index in [9.17, 15) is 4.79 Å². The zero-order valence-electron chi connectivity index (χ0n) is 9.29. The Morgan fingerprint density at radius 3 is 2.94 bits per heavy atom. The number of thiazole rings is 1. The third kappa shape index (κ3) is 1.83. The fraction of sp³-hybridized carbons (Fsp3) is 0.727. The number of H-pyrrole nitrogens is 1. The summed E-state index contributed by atoms with van der Waals surface area (Å²) in [5, 5.41) is 3.38. The highest BCUT2D eigenvalue weighted by Crippen LogP contribution is 2.34. The number of fused-ring (bicyclic) bond motifs is 1. The van der Waals surface area contributed by atoms with E-state index in [0.717, 1.165) is 32.6 Å². The Morgan fingerprint density at radius 1 is 1.31 bits per heavy atom. The summed E-state index contributed by atoms with van der Waals surface area (Å²) >= 11 is 1.42. The van der Waals surface area contributed by atoms with Crippen molar-refractivity contribution >= 4 is 11.3 Å². The molecule has 1 aliphatic heterocycles. The van der Waals surface area contributed by atoms with E-state index in [1.54, 1.807) is 0 Å². The summed E-state index contributed by atoms with van der Waals surface area (Å²) in [5.74, 6) is 0. The van der Waals surface area contributed by atoms with Gasteiger partial charge in [-0.1, -0.05) is 11.3 Å². The van der Waals surface area contributed by atoms with E-state index in [-0.39, 0.29) is 4.87 Å². The molecule has 3 rings (SSSR count). The lowest BCUT2D eigenvalue weighted by atomic mass is 9.96. The van der Waals surface area contributed by atoms with Crippen molar-refractivity contribution in [3.05, 3.63) is 20.2 Å². The number of aromatic amines is 1. The lowest BCUT2D eigenvalue weighted by Crippen LogP contribution is -2.45. The molecule has 1 unspecified atom stereocenters. The predicted molar refractivity (Wildman–Crippen MR) is 65.1 cm³/mol. The van der Waals surface area contributed by atoms with Crippen LogP contribution in [0.4, 0.5) is 0 Å². The van der Waals surface area contributed by atoms with Crippen LogP contribution in [0.2, 0.25) is 0 Å². The van der Waals surface area contributed by atoms with Gasteiger partial charge in [-0.15, -0.1) is 0 Å². The Kier molecular flexibility index (Phi) is 2.83. The van der Waals surface area contributed by atoms with E-state index in [4.69, 9.17) is 0 Å². The number of piperazine rings is 1. The molecule has 0 aromatic carbocycles. The SMILES string of the molecule is O=c1[nH]c2c(s1)C(N1CCNCC1)CCC2. The van der Waals surface area contributed by atoms with Gasteiger partial charge in [0.2, 0.25) is 0 Å². The number of hydrogen-bond donors (Lipinski definition) is 2. The summed E-state index contributed by atoms with van der Waals surface area (Å²) in [6.07, 6.45) is 3.46. The van der Waals surface area contributed by atoms with Crippen molar-refractivity contribution < 1.29 is 0 Å². The topological polar surface area (TPSA) is 48.1 Å². The second kappa shape index (κ2) is 4.31. The standard InChI is InChI=1S/C11H17N3OS/c15-11-13-8-2-1-3-9(10(8)16-11)14-6-4-12-5-7-14/h9,12H,1-7H2,(H,13,15). The monoisotopic (exact) mass is 239 g/mol. The Bertz CT molecular complexity index is 419. The van der Waals surface area contributed by atoms with Crippen LogP contribution in [-0.4, -0.2) is 36.1 Å². The van der Waals surface area contributed by atoms with Crippen molar-refractivity contribution in [2.75, 3.05) is 26.2 Å². The van der Waals surface area contributed by atoms with Gasteiger partial charge in [0.15, 0.2) is 0 Å². The normalized spacial score (nSPS) is 26.6. The molecule has 0 spiro atoms. The zero-order valence-corrected chi connectivity index (χ0v) is 10.1. The molecule has 0 saturated carbocycles. The molecule has 1 saturated heterocycles. The van der Waals surface area contributed by atoms with Crippen LogP contribution in [0, 0.1) is 0 Å². The number of rotatable bonds is 1. The molecule has 1 aromatic rings. The summed E-state index contributed by atoms with van der Waals surface area (Å²) in [6.45, 7) is 4.36. The third-order valence-corrected chi connectivity index (χ3v) is 4.58. The van der Waals surface area contributed by atoms with Crippen LogP contribution >= 0.6 is 11.3 Å². The average molecular weight is 239 g/mol. The highest BCUT2D eigenvalue weighted by molar-refractivity contribution is 7.09. The van der Waals surface area contributed by atoms with Crippen LogP contribution in [0.15, 0.2) is 4.79 Å². The molecule has 5 heteroatoms. The summed E-state index contributed by atoms with van der Waals surface area (Å²) in [6, 6.07) is 0.495. The largest absolute Gasteiger partial charge is 0.316 e. The van der Waals surface area contributed by atoms with E-state index >= 15 is 0 Å². The molecule has 88 valence electrons. The molecule has 1 aromatic heterocycles. The number of nitrogens with one attached hydrogen (secondary N) is 2.